The molecule has 0 aromatic heterocycles. The van der Waals surface area contributed by atoms with Crippen molar-refractivity contribution in [1.82, 2.24) is 5.32 Å². The number of rotatable bonds is 6. The van der Waals surface area contributed by atoms with Gasteiger partial charge in [0.15, 0.2) is 18.2 Å². The van der Waals surface area contributed by atoms with Crippen LogP contribution < -0.4 is 10.1 Å². The molecule has 0 heterocycles. The predicted molar refractivity (Wildman–Crippen MR) is 58.6 cm³/mol. The highest BCUT2D eigenvalue weighted by atomic mass is 19.1. The van der Waals surface area contributed by atoms with Crippen LogP contribution in [0.4, 0.5) is 10.1 Å². The number of nitro groups is 1. The van der Waals surface area contributed by atoms with Crippen molar-refractivity contribution >= 4 is 11.6 Å². The van der Waals surface area contributed by atoms with Gasteiger partial charge in [-0.1, -0.05) is 0 Å². The van der Waals surface area contributed by atoms with E-state index in [-0.39, 0.29) is 18.9 Å². The van der Waals surface area contributed by atoms with Gasteiger partial charge in [-0.2, -0.15) is 0 Å². The Labute approximate surface area is 101 Å². The van der Waals surface area contributed by atoms with E-state index in [9.17, 15) is 19.3 Å². The van der Waals surface area contributed by atoms with Gasteiger partial charge in [0.05, 0.1) is 17.6 Å². The molecule has 1 rings (SSSR count). The normalized spacial score (nSPS) is 9.89. The van der Waals surface area contributed by atoms with Gasteiger partial charge in [-0.3, -0.25) is 14.9 Å². The van der Waals surface area contributed by atoms with Crippen LogP contribution in [0.1, 0.15) is 0 Å². The Morgan fingerprint density at radius 3 is 2.83 bits per heavy atom. The highest BCUT2D eigenvalue weighted by Crippen LogP contribution is 2.22. The fourth-order valence-electron chi connectivity index (χ4n) is 1.11. The summed E-state index contributed by atoms with van der Waals surface area (Å²) in [6, 6.07) is 2.86. The summed E-state index contributed by atoms with van der Waals surface area (Å²) in [5, 5.41) is 21.1. The number of non-ortho nitro benzene ring substituents is 1. The minimum absolute atomic E-state index is 0.0743. The third-order valence-corrected chi connectivity index (χ3v) is 1.92. The van der Waals surface area contributed by atoms with Crippen LogP contribution in [0.15, 0.2) is 18.2 Å². The van der Waals surface area contributed by atoms with Crippen LogP contribution in [0.5, 0.6) is 5.75 Å². The van der Waals surface area contributed by atoms with Gasteiger partial charge in [0, 0.05) is 12.6 Å². The molecule has 0 aliphatic carbocycles. The standard InChI is InChI=1S/C10H11FN2O5/c11-8-5-7(13(16)17)1-2-9(8)18-6-10(15)12-3-4-14/h1-2,5,14H,3-4,6H2,(H,12,15). The summed E-state index contributed by atoms with van der Waals surface area (Å²) in [6.45, 7) is -0.572. The SMILES string of the molecule is O=C(COc1ccc([N+](=O)[O-])cc1F)NCCO. The molecule has 1 amide bonds. The lowest BCUT2D eigenvalue weighted by Crippen LogP contribution is -2.31. The number of nitrogens with zero attached hydrogens (tertiary/aromatic N) is 1. The van der Waals surface area contributed by atoms with E-state index in [1.807, 2.05) is 0 Å². The first-order chi connectivity index (χ1) is 8.54. The van der Waals surface area contributed by atoms with Crippen molar-refractivity contribution in [3.63, 3.8) is 0 Å². The van der Waals surface area contributed by atoms with E-state index in [4.69, 9.17) is 9.84 Å². The van der Waals surface area contributed by atoms with Crippen LogP contribution in [-0.2, 0) is 4.79 Å². The summed E-state index contributed by atoms with van der Waals surface area (Å²) in [6.07, 6.45) is 0. The zero-order valence-electron chi connectivity index (χ0n) is 9.26. The van der Waals surface area contributed by atoms with Crippen molar-refractivity contribution in [1.29, 1.82) is 0 Å². The Bertz CT molecular complexity index is 452. The fourth-order valence-corrected chi connectivity index (χ4v) is 1.11. The summed E-state index contributed by atoms with van der Waals surface area (Å²) in [4.78, 5) is 20.7. The molecule has 0 fully saturated rings. The van der Waals surface area contributed by atoms with Gasteiger partial charge in [0.2, 0.25) is 0 Å². The average Bonchev–Trinajstić information content (AvgIpc) is 2.34. The lowest BCUT2D eigenvalue weighted by Gasteiger charge is -2.07. The molecule has 0 spiro atoms. The Morgan fingerprint density at radius 1 is 1.56 bits per heavy atom. The van der Waals surface area contributed by atoms with E-state index in [1.165, 1.54) is 0 Å². The highest BCUT2D eigenvalue weighted by molar-refractivity contribution is 5.77. The molecule has 2 N–H and O–H groups in total. The predicted octanol–water partition coefficient (Wildman–Crippen LogP) is 0.221. The quantitative estimate of drug-likeness (QED) is 0.561. The number of benzene rings is 1. The Hall–Kier alpha value is -2.22. The molecule has 8 heteroatoms. The third-order valence-electron chi connectivity index (χ3n) is 1.92. The highest BCUT2D eigenvalue weighted by Gasteiger charge is 2.12. The molecule has 98 valence electrons. The van der Waals surface area contributed by atoms with Gasteiger partial charge in [0.1, 0.15) is 0 Å². The molecule has 0 radical (unpaired) electrons. The van der Waals surface area contributed by atoms with E-state index in [0.717, 1.165) is 12.1 Å². The first-order valence-electron chi connectivity index (χ1n) is 4.99. The van der Waals surface area contributed by atoms with E-state index in [2.05, 4.69) is 5.32 Å². The van der Waals surface area contributed by atoms with Gasteiger partial charge in [-0.25, -0.2) is 4.39 Å². The maximum absolute atomic E-state index is 13.3. The maximum Gasteiger partial charge on any atom is 0.272 e. The van der Waals surface area contributed by atoms with Gasteiger partial charge in [-0.15, -0.1) is 0 Å². The van der Waals surface area contributed by atoms with Gasteiger partial charge in [-0.05, 0) is 6.07 Å². The number of nitrogens with one attached hydrogen (secondary N) is 1. The summed E-state index contributed by atoms with van der Waals surface area (Å²) in [7, 11) is 0. The topological polar surface area (TPSA) is 102 Å². The van der Waals surface area contributed by atoms with E-state index in [1.54, 1.807) is 0 Å². The van der Waals surface area contributed by atoms with Crippen LogP contribution >= 0.6 is 0 Å². The van der Waals surface area contributed by atoms with Gasteiger partial charge in [0.25, 0.3) is 11.6 Å². The van der Waals surface area contributed by atoms with E-state index < -0.39 is 28.9 Å². The molecule has 0 saturated carbocycles. The lowest BCUT2D eigenvalue weighted by atomic mass is 10.3. The molecule has 0 atom stereocenters. The second-order valence-electron chi connectivity index (χ2n) is 3.23. The molecule has 0 aliphatic rings. The molecule has 0 unspecified atom stereocenters. The zero-order chi connectivity index (χ0) is 13.5. The minimum Gasteiger partial charge on any atom is -0.481 e. The Balaban J connectivity index is 2.58. The molecular weight excluding hydrogens is 247 g/mol. The number of nitro benzene ring substituents is 1. The molecule has 18 heavy (non-hydrogen) atoms. The molecule has 0 aliphatic heterocycles. The van der Waals surface area contributed by atoms with Crippen LogP contribution in [0.2, 0.25) is 0 Å². The Kier molecular flexibility index (Phi) is 5.00. The van der Waals surface area contributed by atoms with Crippen LogP contribution in [-0.4, -0.2) is 35.7 Å². The van der Waals surface area contributed by atoms with Gasteiger partial charge < -0.3 is 15.2 Å². The minimum atomic E-state index is -0.917. The van der Waals surface area contributed by atoms with Crippen LogP contribution in [0.3, 0.4) is 0 Å². The van der Waals surface area contributed by atoms with Crippen molar-refractivity contribution in [2.24, 2.45) is 0 Å². The van der Waals surface area contributed by atoms with E-state index >= 15 is 0 Å². The number of hydrogen-bond donors (Lipinski definition) is 2. The Morgan fingerprint density at radius 2 is 2.28 bits per heavy atom. The van der Waals surface area contributed by atoms with Crippen LogP contribution in [0, 0.1) is 15.9 Å². The van der Waals surface area contributed by atoms with Gasteiger partial charge >= 0.3 is 0 Å². The second-order valence-corrected chi connectivity index (χ2v) is 3.23. The molecule has 0 bridgehead atoms. The summed E-state index contributed by atoms with van der Waals surface area (Å²) in [5.74, 6) is -1.69. The van der Waals surface area contributed by atoms with E-state index in [0.29, 0.717) is 6.07 Å². The second kappa shape index (κ2) is 6.50. The number of aliphatic hydroxyl groups excluding tert-OH is 1. The van der Waals surface area contributed by atoms with Crippen molar-refractivity contribution in [3.8, 4) is 5.75 Å². The smallest absolute Gasteiger partial charge is 0.272 e. The number of amides is 1. The molecular formula is C10H11FN2O5. The number of carbonyl (C=O) groups excluding carboxylic acids is 1. The fraction of sp³-hybridized carbons (Fsp3) is 0.300. The summed E-state index contributed by atoms with van der Waals surface area (Å²) >= 11 is 0. The van der Waals surface area contributed by atoms with Crippen LogP contribution in [0.25, 0.3) is 0 Å². The molecule has 0 saturated heterocycles. The lowest BCUT2D eigenvalue weighted by molar-refractivity contribution is -0.385. The number of ether oxygens (including phenoxy) is 1. The maximum atomic E-state index is 13.3. The first-order valence-corrected chi connectivity index (χ1v) is 4.99. The number of halogens is 1. The average molecular weight is 258 g/mol. The monoisotopic (exact) mass is 258 g/mol. The summed E-state index contributed by atoms with van der Waals surface area (Å²) in [5.41, 5.74) is -0.399. The largest absolute Gasteiger partial charge is 0.481 e. The number of carbonyl (C=O) groups is 1. The number of aliphatic hydroxyl groups is 1. The molecule has 1 aromatic rings. The molecule has 1 aromatic carbocycles. The zero-order valence-corrected chi connectivity index (χ0v) is 9.26. The molecule has 7 nitrogen and oxygen atoms in total. The first kappa shape index (κ1) is 13.8. The summed E-state index contributed by atoms with van der Waals surface area (Å²) < 4.78 is 18.2. The van der Waals surface area contributed by atoms with Crippen molar-refractivity contribution in [2.75, 3.05) is 19.8 Å². The van der Waals surface area contributed by atoms with Crippen molar-refractivity contribution in [2.45, 2.75) is 0 Å². The third kappa shape index (κ3) is 3.98. The van der Waals surface area contributed by atoms with Crippen molar-refractivity contribution < 1.29 is 24.0 Å². The number of hydrogen-bond acceptors (Lipinski definition) is 5. The van der Waals surface area contributed by atoms with Crippen molar-refractivity contribution in [3.05, 3.63) is 34.1 Å².